The lowest BCUT2D eigenvalue weighted by Crippen LogP contribution is -2.26. The predicted octanol–water partition coefficient (Wildman–Crippen LogP) is 1.66. The molecule has 2 rings (SSSR count). The SMILES string of the molecule is CC1(NCc2cc[nH]c2)CC1. The summed E-state index contributed by atoms with van der Waals surface area (Å²) in [5, 5.41) is 3.52. The molecule has 60 valence electrons. The fraction of sp³-hybridized carbons (Fsp3) is 0.556. The molecule has 1 aliphatic carbocycles. The zero-order valence-electron chi connectivity index (χ0n) is 6.85. The highest BCUT2D eigenvalue weighted by atomic mass is 15.0. The van der Waals surface area contributed by atoms with E-state index in [0.29, 0.717) is 5.54 Å². The van der Waals surface area contributed by atoms with Crippen LogP contribution < -0.4 is 5.32 Å². The summed E-state index contributed by atoms with van der Waals surface area (Å²) >= 11 is 0. The molecule has 0 spiro atoms. The van der Waals surface area contributed by atoms with Gasteiger partial charge in [0.25, 0.3) is 0 Å². The molecule has 0 unspecified atom stereocenters. The van der Waals surface area contributed by atoms with Gasteiger partial charge in [-0.05, 0) is 31.4 Å². The Labute approximate surface area is 67.0 Å². The van der Waals surface area contributed by atoms with E-state index in [1.165, 1.54) is 18.4 Å². The van der Waals surface area contributed by atoms with Crippen molar-refractivity contribution in [3.05, 3.63) is 24.0 Å². The van der Waals surface area contributed by atoms with Gasteiger partial charge >= 0.3 is 0 Å². The second-order valence-electron chi connectivity index (χ2n) is 3.63. The Morgan fingerprint density at radius 3 is 3.00 bits per heavy atom. The van der Waals surface area contributed by atoms with Gasteiger partial charge in [0.05, 0.1) is 0 Å². The topological polar surface area (TPSA) is 27.8 Å². The predicted molar refractivity (Wildman–Crippen MR) is 45.3 cm³/mol. The number of hydrogen-bond donors (Lipinski definition) is 2. The van der Waals surface area contributed by atoms with Gasteiger partial charge in [-0.2, -0.15) is 0 Å². The number of nitrogens with one attached hydrogen (secondary N) is 2. The van der Waals surface area contributed by atoms with Crippen molar-refractivity contribution >= 4 is 0 Å². The van der Waals surface area contributed by atoms with Crippen LogP contribution in [0.4, 0.5) is 0 Å². The molecule has 1 aromatic rings. The molecule has 0 aliphatic heterocycles. The molecular formula is C9H14N2. The van der Waals surface area contributed by atoms with Crippen LogP contribution in [0.2, 0.25) is 0 Å². The Bertz CT molecular complexity index is 222. The third-order valence-electron chi connectivity index (χ3n) is 2.38. The van der Waals surface area contributed by atoms with Crippen LogP contribution in [0.15, 0.2) is 18.5 Å². The van der Waals surface area contributed by atoms with Crippen molar-refractivity contribution in [3.8, 4) is 0 Å². The number of aromatic amines is 1. The molecule has 2 heteroatoms. The van der Waals surface area contributed by atoms with Crippen molar-refractivity contribution < 1.29 is 0 Å². The summed E-state index contributed by atoms with van der Waals surface area (Å²) in [4.78, 5) is 3.05. The summed E-state index contributed by atoms with van der Waals surface area (Å²) in [6.45, 7) is 3.28. The summed E-state index contributed by atoms with van der Waals surface area (Å²) in [6.07, 6.45) is 6.67. The minimum absolute atomic E-state index is 0.456. The summed E-state index contributed by atoms with van der Waals surface area (Å²) < 4.78 is 0. The van der Waals surface area contributed by atoms with Gasteiger partial charge in [-0.15, -0.1) is 0 Å². The zero-order chi connectivity index (χ0) is 7.73. The van der Waals surface area contributed by atoms with E-state index < -0.39 is 0 Å². The van der Waals surface area contributed by atoms with Crippen LogP contribution in [0.5, 0.6) is 0 Å². The van der Waals surface area contributed by atoms with E-state index in [4.69, 9.17) is 0 Å². The molecule has 0 amide bonds. The van der Waals surface area contributed by atoms with Crippen LogP contribution in [0.25, 0.3) is 0 Å². The molecule has 0 saturated heterocycles. The van der Waals surface area contributed by atoms with Crippen molar-refractivity contribution in [3.63, 3.8) is 0 Å². The summed E-state index contributed by atoms with van der Waals surface area (Å²) in [5.74, 6) is 0. The number of hydrogen-bond acceptors (Lipinski definition) is 1. The third kappa shape index (κ3) is 1.63. The van der Waals surface area contributed by atoms with Gasteiger partial charge in [0, 0.05) is 24.5 Å². The Morgan fingerprint density at radius 2 is 2.45 bits per heavy atom. The van der Waals surface area contributed by atoms with E-state index in [2.05, 4.69) is 23.3 Å². The number of aromatic nitrogens is 1. The second kappa shape index (κ2) is 2.38. The maximum atomic E-state index is 3.52. The van der Waals surface area contributed by atoms with Crippen LogP contribution in [0.3, 0.4) is 0 Å². The first kappa shape index (κ1) is 6.92. The quantitative estimate of drug-likeness (QED) is 0.673. The highest BCUT2D eigenvalue weighted by Crippen LogP contribution is 2.34. The van der Waals surface area contributed by atoms with Crippen LogP contribution in [0, 0.1) is 0 Å². The molecule has 0 radical (unpaired) electrons. The summed E-state index contributed by atoms with van der Waals surface area (Å²) in [6, 6.07) is 2.11. The van der Waals surface area contributed by atoms with Crippen LogP contribution >= 0.6 is 0 Å². The molecule has 0 bridgehead atoms. The molecule has 0 atom stereocenters. The second-order valence-corrected chi connectivity index (χ2v) is 3.63. The third-order valence-corrected chi connectivity index (χ3v) is 2.38. The number of H-pyrrole nitrogens is 1. The maximum absolute atomic E-state index is 3.52. The van der Waals surface area contributed by atoms with Crippen molar-refractivity contribution in [2.75, 3.05) is 0 Å². The first-order valence-corrected chi connectivity index (χ1v) is 4.15. The van der Waals surface area contributed by atoms with Gasteiger partial charge in [-0.3, -0.25) is 0 Å². The molecule has 1 saturated carbocycles. The van der Waals surface area contributed by atoms with Gasteiger partial charge < -0.3 is 10.3 Å². The fourth-order valence-electron chi connectivity index (χ4n) is 1.15. The van der Waals surface area contributed by atoms with Gasteiger partial charge in [-0.25, -0.2) is 0 Å². The smallest absolute Gasteiger partial charge is 0.0225 e. The lowest BCUT2D eigenvalue weighted by atomic mass is 10.3. The van der Waals surface area contributed by atoms with Gasteiger partial charge in [-0.1, -0.05) is 0 Å². The monoisotopic (exact) mass is 150 g/mol. The van der Waals surface area contributed by atoms with E-state index in [0.717, 1.165) is 6.54 Å². The number of rotatable bonds is 3. The fourth-order valence-corrected chi connectivity index (χ4v) is 1.15. The molecule has 2 nitrogen and oxygen atoms in total. The average molecular weight is 150 g/mol. The van der Waals surface area contributed by atoms with Crippen molar-refractivity contribution in [2.24, 2.45) is 0 Å². The molecular weight excluding hydrogens is 136 g/mol. The van der Waals surface area contributed by atoms with E-state index in [1.807, 2.05) is 12.4 Å². The van der Waals surface area contributed by atoms with Crippen LogP contribution in [0.1, 0.15) is 25.3 Å². The standard InChI is InChI=1S/C9H14N2/c1-9(3-4-9)11-7-8-2-5-10-6-8/h2,5-6,10-11H,3-4,7H2,1H3. The van der Waals surface area contributed by atoms with E-state index in [9.17, 15) is 0 Å². The summed E-state index contributed by atoms with van der Waals surface area (Å²) in [5.41, 5.74) is 1.80. The van der Waals surface area contributed by atoms with E-state index in [-0.39, 0.29) is 0 Å². The molecule has 11 heavy (non-hydrogen) atoms. The average Bonchev–Trinajstić information content (AvgIpc) is 2.53. The first-order chi connectivity index (χ1) is 5.29. The largest absolute Gasteiger partial charge is 0.367 e. The minimum atomic E-state index is 0.456. The Hall–Kier alpha value is -0.760. The highest BCUT2D eigenvalue weighted by Gasteiger charge is 2.36. The Kier molecular flexibility index (Phi) is 1.50. The lowest BCUT2D eigenvalue weighted by molar-refractivity contribution is 0.538. The van der Waals surface area contributed by atoms with Gasteiger partial charge in [0.2, 0.25) is 0 Å². The lowest BCUT2D eigenvalue weighted by Gasteiger charge is -2.09. The van der Waals surface area contributed by atoms with Crippen LogP contribution in [-0.4, -0.2) is 10.5 Å². The minimum Gasteiger partial charge on any atom is -0.367 e. The summed E-state index contributed by atoms with van der Waals surface area (Å²) in [7, 11) is 0. The van der Waals surface area contributed by atoms with Gasteiger partial charge in [0.15, 0.2) is 0 Å². The maximum Gasteiger partial charge on any atom is 0.0225 e. The highest BCUT2D eigenvalue weighted by molar-refractivity contribution is 5.09. The molecule has 2 N–H and O–H groups in total. The normalized spacial score (nSPS) is 20.1. The molecule has 0 aromatic carbocycles. The van der Waals surface area contributed by atoms with Gasteiger partial charge in [0.1, 0.15) is 0 Å². The molecule has 1 heterocycles. The van der Waals surface area contributed by atoms with E-state index in [1.54, 1.807) is 0 Å². The van der Waals surface area contributed by atoms with Crippen molar-refractivity contribution in [1.82, 2.24) is 10.3 Å². The molecule has 1 aromatic heterocycles. The first-order valence-electron chi connectivity index (χ1n) is 4.15. The van der Waals surface area contributed by atoms with Crippen molar-refractivity contribution in [1.29, 1.82) is 0 Å². The zero-order valence-corrected chi connectivity index (χ0v) is 6.85. The molecule has 1 aliphatic rings. The Balaban J connectivity index is 1.83. The molecule has 1 fully saturated rings. The Morgan fingerprint density at radius 1 is 1.64 bits per heavy atom. The van der Waals surface area contributed by atoms with E-state index >= 15 is 0 Å². The van der Waals surface area contributed by atoms with Crippen LogP contribution in [-0.2, 0) is 6.54 Å². The van der Waals surface area contributed by atoms with Crippen molar-refractivity contribution in [2.45, 2.75) is 31.8 Å².